The van der Waals surface area contributed by atoms with Gasteiger partial charge in [0.1, 0.15) is 0 Å². The second-order valence-electron chi connectivity index (χ2n) is 6.70. The van der Waals surface area contributed by atoms with E-state index in [2.05, 4.69) is 35.2 Å². The molecule has 1 aromatic heterocycles. The highest BCUT2D eigenvalue weighted by Gasteiger charge is 2.12. The quantitative estimate of drug-likeness (QED) is 0.662. The molecule has 0 atom stereocenters. The number of nitrogens with zero attached hydrogens (tertiary/aromatic N) is 2. The zero-order valence-corrected chi connectivity index (χ0v) is 16.2. The Hall–Kier alpha value is -2.92. The van der Waals surface area contributed by atoms with Gasteiger partial charge in [0.2, 0.25) is 5.95 Å². The van der Waals surface area contributed by atoms with Crippen molar-refractivity contribution in [1.82, 2.24) is 9.97 Å². The van der Waals surface area contributed by atoms with Crippen molar-refractivity contribution in [2.24, 2.45) is 0 Å². The van der Waals surface area contributed by atoms with Crippen molar-refractivity contribution in [2.75, 3.05) is 11.1 Å². The van der Waals surface area contributed by atoms with E-state index in [9.17, 15) is 4.79 Å². The Balaban J connectivity index is 1.86. The van der Waals surface area contributed by atoms with Gasteiger partial charge in [-0.15, -0.1) is 0 Å². The zero-order valence-electron chi connectivity index (χ0n) is 15.5. The molecule has 0 aliphatic carbocycles. The largest absolute Gasteiger partial charge is 0.368 e. The first-order chi connectivity index (χ1) is 12.8. The fraction of sp³-hybridized carbons (Fsp3) is 0.190. The number of nitrogens with one attached hydrogen (secondary N) is 1. The van der Waals surface area contributed by atoms with Crippen LogP contribution < -0.4 is 11.1 Å². The van der Waals surface area contributed by atoms with Crippen molar-refractivity contribution >= 4 is 29.1 Å². The van der Waals surface area contributed by atoms with Crippen LogP contribution >= 0.6 is 11.6 Å². The summed E-state index contributed by atoms with van der Waals surface area (Å²) in [5, 5.41) is 3.45. The Kier molecular flexibility index (Phi) is 5.42. The number of benzene rings is 2. The fourth-order valence-corrected chi connectivity index (χ4v) is 3.20. The molecule has 27 heavy (non-hydrogen) atoms. The van der Waals surface area contributed by atoms with Crippen molar-refractivity contribution in [3.63, 3.8) is 0 Å². The molecular formula is C21H21ClN4O. The van der Waals surface area contributed by atoms with E-state index in [1.54, 1.807) is 30.6 Å². The summed E-state index contributed by atoms with van der Waals surface area (Å²) in [7, 11) is 0. The number of anilines is 2. The molecule has 0 saturated heterocycles. The van der Waals surface area contributed by atoms with Crippen LogP contribution in [0.15, 0.2) is 48.8 Å². The predicted molar refractivity (Wildman–Crippen MR) is 110 cm³/mol. The number of nitrogen functional groups attached to an aromatic ring is 1. The van der Waals surface area contributed by atoms with E-state index in [4.69, 9.17) is 17.3 Å². The predicted octanol–water partition coefficient (Wildman–Crippen LogP) is 5.06. The third-order valence-corrected chi connectivity index (χ3v) is 4.69. The van der Waals surface area contributed by atoms with Crippen LogP contribution in [0.25, 0.3) is 11.1 Å². The van der Waals surface area contributed by atoms with Gasteiger partial charge in [-0.05, 0) is 54.3 Å². The van der Waals surface area contributed by atoms with Crippen molar-refractivity contribution in [1.29, 1.82) is 0 Å². The van der Waals surface area contributed by atoms with Gasteiger partial charge in [0.25, 0.3) is 5.91 Å². The first-order valence-corrected chi connectivity index (χ1v) is 9.02. The van der Waals surface area contributed by atoms with E-state index in [-0.39, 0.29) is 11.9 Å². The molecule has 2 aromatic carbocycles. The third-order valence-electron chi connectivity index (χ3n) is 4.36. The summed E-state index contributed by atoms with van der Waals surface area (Å²) in [6.45, 7) is 6.35. The number of amides is 1. The van der Waals surface area contributed by atoms with Gasteiger partial charge in [-0.25, -0.2) is 9.97 Å². The number of halogens is 1. The molecule has 3 aromatic rings. The van der Waals surface area contributed by atoms with Gasteiger partial charge >= 0.3 is 0 Å². The van der Waals surface area contributed by atoms with Gasteiger partial charge in [0, 0.05) is 39.8 Å². The lowest BCUT2D eigenvalue weighted by molar-refractivity contribution is 0.102. The maximum atomic E-state index is 12.7. The summed E-state index contributed by atoms with van der Waals surface area (Å²) in [4.78, 5) is 20.6. The maximum absolute atomic E-state index is 12.7. The zero-order chi connectivity index (χ0) is 19.6. The van der Waals surface area contributed by atoms with Crippen LogP contribution in [-0.4, -0.2) is 15.9 Å². The third kappa shape index (κ3) is 4.26. The Morgan fingerprint density at radius 2 is 1.81 bits per heavy atom. The normalized spacial score (nSPS) is 10.9. The number of nitrogens with two attached hydrogens (primary N) is 1. The first kappa shape index (κ1) is 18.9. The molecule has 3 rings (SSSR count). The number of hydrogen-bond donors (Lipinski definition) is 2. The van der Waals surface area contributed by atoms with Crippen LogP contribution in [0.5, 0.6) is 0 Å². The van der Waals surface area contributed by atoms with Gasteiger partial charge < -0.3 is 11.1 Å². The lowest BCUT2D eigenvalue weighted by Gasteiger charge is -2.13. The van der Waals surface area contributed by atoms with Gasteiger partial charge in [-0.2, -0.15) is 0 Å². The molecule has 1 amide bonds. The summed E-state index contributed by atoms with van der Waals surface area (Å²) in [5.41, 5.74) is 10.6. The minimum atomic E-state index is -0.207. The molecule has 0 aliphatic heterocycles. The highest BCUT2D eigenvalue weighted by atomic mass is 35.5. The van der Waals surface area contributed by atoms with Crippen LogP contribution in [-0.2, 0) is 0 Å². The lowest BCUT2D eigenvalue weighted by atomic mass is 9.97. The maximum Gasteiger partial charge on any atom is 0.255 e. The molecule has 1 heterocycles. The molecule has 0 fully saturated rings. The summed E-state index contributed by atoms with van der Waals surface area (Å²) < 4.78 is 0. The molecule has 0 saturated carbocycles. The average Bonchev–Trinajstić information content (AvgIpc) is 2.62. The molecule has 5 nitrogen and oxygen atoms in total. The van der Waals surface area contributed by atoms with Gasteiger partial charge in [0.15, 0.2) is 0 Å². The summed E-state index contributed by atoms with van der Waals surface area (Å²) in [6, 6.07) is 11.1. The molecule has 0 bridgehead atoms. The van der Waals surface area contributed by atoms with E-state index < -0.39 is 0 Å². The number of rotatable bonds is 4. The Morgan fingerprint density at radius 3 is 2.44 bits per heavy atom. The standard InChI is InChI=1S/C21H21ClN4O/c1-12(2)17-6-5-16(8-13(17)3)26-20(27)14-4-7-19(22)18(9-14)15-10-24-21(23)25-11-15/h4-12H,1-3H3,(H,26,27)(H2,23,24,25). The van der Waals surface area contributed by atoms with E-state index in [0.717, 1.165) is 11.3 Å². The van der Waals surface area contributed by atoms with Gasteiger partial charge in [0.05, 0.1) is 0 Å². The Morgan fingerprint density at radius 1 is 1.11 bits per heavy atom. The molecule has 0 aliphatic rings. The second-order valence-corrected chi connectivity index (χ2v) is 7.11. The number of hydrogen-bond acceptors (Lipinski definition) is 4. The highest BCUT2D eigenvalue weighted by Crippen LogP contribution is 2.29. The summed E-state index contributed by atoms with van der Waals surface area (Å²) in [5.74, 6) is 0.417. The van der Waals surface area contributed by atoms with E-state index in [0.29, 0.717) is 27.6 Å². The SMILES string of the molecule is Cc1cc(NC(=O)c2ccc(Cl)c(-c3cnc(N)nc3)c2)ccc1C(C)C. The molecule has 0 unspecified atom stereocenters. The van der Waals surface area contributed by atoms with Crippen LogP contribution in [0, 0.1) is 6.92 Å². The van der Waals surface area contributed by atoms with E-state index >= 15 is 0 Å². The molecular weight excluding hydrogens is 360 g/mol. The first-order valence-electron chi connectivity index (χ1n) is 8.64. The van der Waals surface area contributed by atoms with Crippen molar-refractivity contribution in [3.05, 3.63) is 70.5 Å². The van der Waals surface area contributed by atoms with Crippen molar-refractivity contribution < 1.29 is 4.79 Å². The van der Waals surface area contributed by atoms with E-state index in [1.165, 1.54) is 5.56 Å². The van der Waals surface area contributed by atoms with Crippen molar-refractivity contribution in [2.45, 2.75) is 26.7 Å². The fourth-order valence-electron chi connectivity index (χ4n) is 2.97. The number of carbonyl (C=O) groups excluding carboxylic acids is 1. The monoisotopic (exact) mass is 380 g/mol. The topological polar surface area (TPSA) is 80.9 Å². The smallest absolute Gasteiger partial charge is 0.255 e. The number of aryl methyl sites for hydroxylation is 1. The van der Waals surface area contributed by atoms with Crippen LogP contribution in [0.2, 0.25) is 5.02 Å². The number of aromatic nitrogens is 2. The van der Waals surface area contributed by atoms with Gasteiger partial charge in [-0.1, -0.05) is 31.5 Å². The molecule has 3 N–H and O–H groups in total. The van der Waals surface area contributed by atoms with Crippen LogP contribution in [0.1, 0.15) is 41.3 Å². The highest BCUT2D eigenvalue weighted by molar-refractivity contribution is 6.33. The van der Waals surface area contributed by atoms with Crippen LogP contribution in [0.3, 0.4) is 0 Å². The Labute approximate surface area is 163 Å². The molecule has 138 valence electrons. The minimum Gasteiger partial charge on any atom is -0.368 e. The Bertz CT molecular complexity index is 984. The molecule has 0 spiro atoms. The minimum absolute atomic E-state index is 0.184. The van der Waals surface area contributed by atoms with E-state index in [1.807, 2.05) is 19.1 Å². The average molecular weight is 381 g/mol. The molecule has 0 radical (unpaired) electrons. The summed E-state index contributed by atoms with van der Waals surface area (Å²) >= 11 is 6.28. The van der Waals surface area contributed by atoms with Gasteiger partial charge in [-0.3, -0.25) is 4.79 Å². The van der Waals surface area contributed by atoms with Crippen LogP contribution in [0.4, 0.5) is 11.6 Å². The van der Waals surface area contributed by atoms with Crippen molar-refractivity contribution in [3.8, 4) is 11.1 Å². The number of carbonyl (C=O) groups is 1. The molecule has 6 heteroatoms. The second kappa shape index (κ2) is 7.76. The summed E-state index contributed by atoms with van der Waals surface area (Å²) in [6.07, 6.45) is 3.17. The lowest BCUT2D eigenvalue weighted by Crippen LogP contribution is -2.12.